The predicted molar refractivity (Wildman–Crippen MR) is 218 cm³/mol. The Kier molecular flexibility index (Phi) is 7.07. The summed E-state index contributed by atoms with van der Waals surface area (Å²) in [4.78, 5) is 2.43. The minimum absolute atomic E-state index is 0.00112. The fourth-order valence-corrected chi connectivity index (χ4v) is 10.4. The van der Waals surface area contributed by atoms with Gasteiger partial charge >= 0.3 is 0 Å². The Balaban J connectivity index is 1.50. The van der Waals surface area contributed by atoms with Crippen LogP contribution in [0.2, 0.25) is 0 Å². The fourth-order valence-electron chi connectivity index (χ4n) is 9.89. The molecular weight excluding hydrogens is 726 g/mol. The third-order valence-corrected chi connectivity index (χ3v) is 15.3. The molecule has 6 aromatic carbocycles. The molecular formula is C46H45Br2N. The average molecular weight is 772 g/mol. The van der Waals surface area contributed by atoms with Gasteiger partial charge in [0.05, 0.1) is 5.69 Å². The first-order valence-corrected chi connectivity index (χ1v) is 19.1. The highest BCUT2D eigenvalue weighted by atomic mass is 79.9. The number of fused-ring (bicyclic) bond motifs is 2. The Morgan fingerprint density at radius 2 is 0.837 bits per heavy atom. The third-order valence-electron chi connectivity index (χ3n) is 14.2. The summed E-state index contributed by atoms with van der Waals surface area (Å²) < 4.78 is 2.13. The second-order valence-electron chi connectivity index (χ2n) is 16.7. The van der Waals surface area contributed by atoms with Crippen LogP contribution in [0.3, 0.4) is 0 Å². The second kappa shape index (κ2) is 10.6. The van der Waals surface area contributed by atoms with E-state index in [-0.39, 0.29) is 27.1 Å². The summed E-state index contributed by atoms with van der Waals surface area (Å²) in [6.07, 6.45) is 0. The van der Waals surface area contributed by atoms with Crippen molar-refractivity contribution in [1.82, 2.24) is 0 Å². The Morgan fingerprint density at radius 3 is 1.22 bits per heavy atom. The molecule has 0 N–H and O–H groups in total. The van der Waals surface area contributed by atoms with Crippen LogP contribution in [0, 0.1) is 10.8 Å². The van der Waals surface area contributed by atoms with Crippen molar-refractivity contribution in [3.63, 3.8) is 0 Å². The van der Waals surface area contributed by atoms with E-state index in [1.807, 2.05) is 0 Å². The Bertz CT molecular complexity index is 2150. The smallest absolute Gasteiger partial charge is 0.0618 e. The van der Waals surface area contributed by atoms with Gasteiger partial charge in [0.15, 0.2) is 0 Å². The number of benzene rings is 6. The molecule has 0 aliphatic heterocycles. The summed E-state index contributed by atoms with van der Waals surface area (Å²) in [6.45, 7) is 22.6. The van der Waals surface area contributed by atoms with E-state index in [1.54, 1.807) is 5.56 Å². The van der Waals surface area contributed by atoms with Crippen LogP contribution >= 0.6 is 31.9 Å². The molecule has 0 heterocycles. The molecule has 0 aromatic heterocycles. The lowest BCUT2D eigenvalue weighted by Gasteiger charge is -2.56. The number of rotatable bonds is 4. The van der Waals surface area contributed by atoms with Crippen LogP contribution in [0.5, 0.6) is 0 Å². The maximum Gasteiger partial charge on any atom is 0.0618 e. The second-order valence-corrected chi connectivity index (χ2v) is 18.5. The molecule has 0 fully saturated rings. The molecule has 0 saturated carbocycles. The topological polar surface area (TPSA) is 3.24 Å². The van der Waals surface area contributed by atoms with Gasteiger partial charge in [0.1, 0.15) is 0 Å². The van der Waals surface area contributed by atoms with E-state index in [0.29, 0.717) is 0 Å². The zero-order valence-electron chi connectivity index (χ0n) is 30.1. The van der Waals surface area contributed by atoms with Crippen LogP contribution in [0.25, 0.3) is 32.7 Å². The molecule has 3 heteroatoms. The maximum absolute atomic E-state index is 3.68. The first-order chi connectivity index (χ1) is 23.1. The molecule has 0 radical (unpaired) electrons. The van der Waals surface area contributed by atoms with Gasteiger partial charge in [-0.3, -0.25) is 0 Å². The van der Waals surface area contributed by atoms with Crippen LogP contribution in [0.1, 0.15) is 79.0 Å². The summed E-state index contributed by atoms with van der Waals surface area (Å²) in [5, 5.41) is 5.02. The summed E-state index contributed by atoms with van der Waals surface area (Å²) in [5.74, 6) is 0. The van der Waals surface area contributed by atoms with Crippen LogP contribution in [0.15, 0.2) is 118 Å². The molecule has 248 valence electrons. The summed E-state index contributed by atoms with van der Waals surface area (Å²) in [6, 6.07) is 40.6. The third kappa shape index (κ3) is 4.09. The lowest BCUT2D eigenvalue weighted by Crippen LogP contribution is -2.55. The highest BCUT2D eigenvalue weighted by molar-refractivity contribution is 9.10. The van der Waals surface area contributed by atoms with Crippen molar-refractivity contribution in [2.75, 3.05) is 4.90 Å². The molecule has 0 atom stereocenters. The number of hydrogen-bond acceptors (Lipinski definition) is 1. The van der Waals surface area contributed by atoms with Gasteiger partial charge < -0.3 is 4.90 Å². The highest BCUT2D eigenvalue weighted by Gasteiger charge is 2.72. The highest BCUT2D eigenvalue weighted by Crippen LogP contribution is 2.76. The molecule has 1 nitrogen and oxygen atoms in total. The van der Waals surface area contributed by atoms with Crippen LogP contribution in [-0.2, 0) is 16.2 Å². The van der Waals surface area contributed by atoms with Crippen molar-refractivity contribution in [1.29, 1.82) is 0 Å². The molecule has 6 aromatic rings. The van der Waals surface area contributed by atoms with Gasteiger partial charge in [-0.15, -0.1) is 0 Å². The molecule has 2 aliphatic rings. The minimum Gasteiger partial charge on any atom is -0.309 e. The zero-order chi connectivity index (χ0) is 34.9. The van der Waals surface area contributed by atoms with Crippen LogP contribution in [-0.4, -0.2) is 0 Å². The first kappa shape index (κ1) is 32.8. The number of halogens is 2. The van der Waals surface area contributed by atoms with Gasteiger partial charge in [-0.05, 0) is 109 Å². The van der Waals surface area contributed by atoms with Crippen LogP contribution in [0.4, 0.5) is 17.1 Å². The number of nitrogens with zero attached hydrogens (tertiary/aromatic N) is 1. The van der Waals surface area contributed by atoms with Crippen LogP contribution < -0.4 is 4.90 Å². The molecule has 0 amide bonds. The molecule has 8 rings (SSSR count). The molecule has 0 spiro atoms. The first-order valence-electron chi connectivity index (χ1n) is 17.5. The molecule has 2 aliphatic carbocycles. The van der Waals surface area contributed by atoms with Gasteiger partial charge in [0.2, 0.25) is 0 Å². The van der Waals surface area contributed by atoms with Gasteiger partial charge in [0.25, 0.3) is 0 Å². The Hall–Kier alpha value is -3.40. The van der Waals surface area contributed by atoms with E-state index < -0.39 is 0 Å². The van der Waals surface area contributed by atoms with E-state index in [0.717, 1.165) is 20.3 Å². The monoisotopic (exact) mass is 769 g/mol. The quantitative estimate of drug-likeness (QED) is 0.161. The number of anilines is 3. The fraction of sp³-hybridized carbons (Fsp3) is 0.304. The predicted octanol–water partition coefficient (Wildman–Crippen LogP) is 14.5. The maximum atomic E-state index is 3.68. The standard InChI is InChI=1S/C46H45Br2N/c1-42(2)37-26-28(27-38-40(37)46(9,44(42,5)6)45(7,8)43(38,3)4)39-33-14-10-12-16-35(33)41(36-17-13-11-15-34(36)39)49(31-22-18-29(47)19-23-31)32-24-20-30(48)21-25-32/h10-27H,1-9H3. The summed E-state index contributed by atoms with van der Waals surface area (Å²) in [5.41, 5.74) is 10.9. The largest absolute Gasteiger partial charge is 0.309 e. The molecule has 0 saturated heterocycles. The van der Waals surface area contributed by atoms with Crippen molar-refractivity contribution >= 4 is 70.5 Å². The summed E-state index contributed by atoms with van der Waals surface area (Å²) in [7, 11) is 0. The SMILES string of the molecule is CC1(C)c2cc(-c3c4ccccc4c(N(c4ccc(Br)cc4)c4ccc(Br)cc4)c4ccccc34)cc3c2C(C)(C1(C)C)C(C)(C)C3(C)C. The average Bonchev–Trinajstić information content (AvgIpc) is 3.28. The normalized spacial score (nSPS) is 18.9. The van der Waals surface area contributed by atoms with E-state index in [2.05, 4.69) is 208 Å². The zero-order valence-corrected chi connectivity index (χ0v) is 33.3. The van der Waals surface area contributed by atoms with Gasteiger partial charge in [-0.1, -0.05) is 155 Å². The van der Waals surface area contributed by atoms with Crippen molar-refractivity contribution in [2.45, 2.75) is 78.6 Å². The van der Waals surface area contributed by atoms with Crippen molar-refractivity contribution in [3.05, 3.63) is 135 Å². The van der Waals surface area contributed by atoms with Gasteiger partial charge in [-0.2, -0.15) is 0 Å². The van der Waals surface area contributed by atoms with E-state index in [9.17, 15) is 0 Å². The number of hydrogen-bond donors (Lipinski definition) is 0. The van der Waals surface area contributed by atoms with Gasteiger partial charge in [-0.25, -0.2) is 0 Å². The van der Waals surface area contributed by atoms with Gasteiger partial charge in [0, 0.05) is 36.5 Å². The van der Waals surface area contributed by atoms with Crippen molar-refractivity contribution in [3.8, 4) is 11.1 Å². The molecule has 0 unspecified atom stereocenters. The lowest BCUT2D eigenvalue weighted by atomic mass is 9.47. The lowest BCUT2D eigenvalue weighted by molar-refractivity contribution is -0.0105. The molecule has 49 heavy (non-hydrogen) atoms. The summed E-state index contributed by atoms with van der Waals surface area (Å²) >= 11 is 7.35. The van der Waals surface area contributed by atoms with E-state index in [1.165, 1.54) is 49.5 Å². The Morgan fingerprint density at radius 1 is 0.469 bits per heavy atom. The van der Waals surface area contributed by atoms with Crippen molar-refractivity contribution in [2.24, 2.45) is 10.8 Å². The Labute approximate surface area is 309 Å². The molecule has 0 bridgehead atoms. The minimum atomic E-state index is 0.00112. The van der Waals surface area contributed by atoms with Crippen molar-refractivity contribution < 1.29 is 0 Å². The van der Waals surface area contributed by atoms with E-state index in [4.69, 9.17) is 0 Å². The van der Waals surface area contributed by atoms with E-state index >= 15 is 0 Å².